The van der Waals surface area contributed by atoms with Crippen LogP contribution >= 0.6 is 0 Å². The summed E-state index contributed by atoms with van der Waals surface area (Å²) < 4.78 is 19.7. The number of carboxylic acids is 1. The van der Waals surface area contributed by atoms with Crippen LogP contribution < -0.4 is 0 Å². The molecule has 0 heterocycles. The molecule has 0 bridgehead atoms. The maximum absolute atomic E-state index is 10.9. The maximum Gasteiger partial charge on any atom is 0.335 e. The number of aromatic carboxylic acids is 1. The maximum atomic E-state index is 10.9. The predicted molar refractivity (Wildman–Crippen MR) is 53.8 cm³/mol. The van der Waals surface area contributed by atoms with Crippen molar-refractivity contribution in [2.75, 3.05) is 0 Å². The monoisotopic (exact) mass is 245 g/mol. The number of carbonyl (C=O) groups is 1. The largest absolute Gasteiger partial charge is 0.478 e. The third-order valence-corrected chi connectivity index (χ3v) is 2.76. The first-order chi connectivity index (χ1) is 7.34. The highest BCUT2D eigenvalue weighted by molar-refractivity contribution is 7.79. The minimum Gasteiger partial charge on any atom is -0.478 e. The molecule has 1 rings (SSSR count). The van der Waals surface area contributed by atoms with E-state index in [-0.39, 0.29) is 10.5 Å². The summed E-state index contributed by atoms with van der Waals surface area (Å²) in [5.41, 5.74) is -0.900. The van der Waals surface area contributed by atoms with Crippen LogP contribution in [0.2, 0.25) is 0 Å². The summed E-state index contributed by atoms with van der Waals surface area (Å²) in [7, 11) is 0. The van der Waals surface area contributed by atoms with Gasteiger partial charge in [0, 0.05) is 11.6 Å². The number of benzene rings is 1. The molecule has 0 fully saturated rings. The van der Waals surface area contributed by atoms with Crippen molar-refractivity contribution in [1.29, 1.82) is 0 Å². The second-order valence-corrected chi connectivity index (χ2v) is 3.87. The van der Waals surface area contributed by atoms with Crippen molar-refractivity contribution in [1.82, 2.24) is 0 Å². The zero-order valence-electron chi connectivity index (χ0n) is 8.04. The van der Waals surface area contributed by atoms with Crippen LogP contribution in [-0.2, 0) is 11.1 Å². The molecule has 8 heteroatoms. The second kappa shape index (κ2) is 4.37. The number of nitro groups is 1. The molecule has 0 amide bonds. The predicted octanol–water partition coefficient (Wildman–Crippen LogP) is 1.18. The van der Waals surface area contributed by atoms with Gasteiger partial charge in [0.1, 0.15) is 0 Å². The Bertz CT molecular complexity index is 462. The lowest BCUT2D eigenvalue weighted by atomic mass is 10.1. The van der Waals surface area contributed by atoms with Gasteiger partial charge in [-0.1, -0.05) is 0 Å². The van der Waals surface area contributed by atoms with Crippen LogP contribution in [0.3, 0.4) is 0 Å². The van der Waals surface area contributed by atoms with E-state index in [1.807, 2.05) is 0 Å². The van der Waals surface area contributed by atoms with Crippen LogP contribution in [-0.4, -0.2) is 24.8 Å². The summed E-state index contributed by atoms with van der Waals surface area (Å²) in [5, 5.41) is 19.3. The number of carboxylic acid groups (broad SMARTS) is 1. The van der Waals surface area contributed by atoms with Gasteiger partial charge in [0.25, 0.3) is 5.69 Å². The molecule has 0 saturated carbocycles. The quantitative estimate of drug-likeness (QED) is 0.469. The highest BCUT2D eigenvalue weighted by Gasteiger charge is 2.21. The molecular weight excluding hydrogens is 238 g/mol. The molecule has 0 spiro atoms. The van der Waals surface area contributed by atoms with E-state index in [1.165, 1.54) is 6.92 Å². The first-order valence-electron chi connectivity index (χ1n) is 3.97. The lowest BCUT2D eigenvalue weighted by molar-refractivity contribution is -0.385. The SMILES string of the molecule is Cc1c([N+](=O)[O-])cc(C(=O)O)cc1S(=O)O. The molecule has 0 aromatic heterocycles. The number of nitro benzene ring substituents is 1. The molecule has 7 nitrogen and oxygen atoms in total. The van der Waals surface area contributed by atoms with Gasteiger partial charge in [-0.05, 0) is 13.0 Å². The van der Waals surface area contributed by atoms with Crippen molar-refractivity contribution < 1.29 is 23.6 Å². The smallest absolute Gasteiger partial charge is 0.335 e. The van der Waals surface area contributed by atoms with Crippen molar-refractivity contribution in [3.8, 4) is 0 Å². The van der Waals surface area contributed by atoms with Crippen molar-refractivity contribution in [3.05, 3.63) is 33.4 Å². The van der Waals surface area contributed by atoms with Crippen molar-refractivity contribution in [3.63, 3.8) is 0 Å². The van der Waals surface area contributed by atoms with Crippen LogP contribution in [0.1, 0.15) is 15.9 Å². The molecule has 86 valence electrons. The molecule has 0 aliphatic rings. The van der Waals surface area contributed by atoms with Gasteiger partial charge in [0.2, 0.25) is 0 Å². The van der Waals surface area contributed by atoms with E-state index in [2.05, 4.69) is 0 Å². The summed E-state index contributed by atoms with van der Waals surface area (Å²) in [6.45, 7) is 1.28. The molecule has 16 heavy (non-hydrogen) atoms. The summed E-state index contributed by atoms with van der Waals surface area (Å²) in [6.07, 6.45) is 0. The van der Waals surface area contributed by atoms with E-state index in [0.29, 0.717) is 0 Å². The Balaban J connectivity index is 3.57. The van der Waals surface area contributed by atoms with Gasteiger partial charge in [0.05, 0.1) is 15.4 Å². The van der Waals surface area contributed by atoms with E-state index < -0.39 is 33.2 Å². The van der Waals surface area contributed by atoms with Crippen LogP contribution in [0.5, 0.6) is 0 Å². The average molecular weight is 245 g/mol. The third kappa shape index (κ3) is 2.23. The van der Waals surface area contributed by atoms with E-state index in [4.69, 9.17) is 9.66 Å². The Labute approximate surface area is 92.1 Å². The zero-order valence-corrected chi connectivity index (χ0v) is 8.85. The Morgan fingerprint density at radius 3 is 2.44 bits per heavy atom. The highest BCUT2D eigenvalue weighted by Crippen LogP contribution is 2.25. The lowest BCUT2D eigenvalue weighted by Gasteiger charge is -2.04. The molecule has 1 aromatic carbocycles. The van der Waals surface area contributed by atoms with Gasteiger partial charge in [0.15, 0.2) is 11.1 Å². The normalized spacial score (nSPS) is 12.1. The minimum absolute atomic E-state index is 0.0177. The van der Waals surface area contributed by atoms with Gasteiger partial charge in [-0.25, -0.2) is 9.00 Å². The van der Waals surface area contributed by atoms with Crippen LogP contribution in [0.25, 0.3) is 0 Å². The van der Waals surface area contributed by atoms with Crippen LogP contribution in [0.15, 0.2) is 17.0 Å². The van der Waals surface area contributed by atoms with Crippen LogP contribution in [0.4, 0.5) is 5.69 Å². The summed E-state index contributed by atoms with van der Waals surface area (Å²) in [4.78, 5) is 20.2. The lowest BCUT2D eigenvalue weighted by Crippen LogP contribution is -2.04. The van der Waals surface area contributed by atoms with Gasteiger partial charge in [-0.3, -0.25) is 10.1 Å². The Morgan fingerprint density at radius 2 is 2.06 bits per heavy atom. The van der Waals surface area contributed by atoms with Crippen molar-refractivity contribution in [2.45, 2.75) is 11.8 Å². The van der Waals surface area contributed by atoms with Gasteiger partial charge in [-0.2, -0.15) is 0 Å². The van der Waals surface area contributed by atoms with Crippen molar-refractivity contribution >= 4 is 22.7 Å². The average Bonchev–Trinajstić information content (AvgIpc) is 2.16. The highest BCUT2D eigenvalue weighted by atomic mass is 32.2. The molecule has 0 aliphatic carbocycles. The number of rotatable bonds is 3. The topological polar surface area (TPSA) is 118 Å². The first kappa shape index (κ1) is 12.3. The first-order valence-corrected chi connectivity index (χ1v) is 5.08. The molecule has 0 saturated heterocycles. The summed E-state index contributed by atoms with van der Waals surface area (Å²) in [6, 6.07) is 1.80. The van der Waals surface area contributed by atoms with Gasteiger partial charge < -0.3 is 9.66 Å². The standard InChI is InChI=1S/C8H7NO6S/c1-4-6(9(12)13)2-5(8(10)11)3-7(4)16(14)15/h2-3H,1H3,(H,10,11)(H,14,15). The Hall–Kier alpha value is -1.80. The van der Waals surface area contributed by atoms with E-state index in [0.717, 1.165) is 12.1 Å². The molecule has 2 N–H and O–H groups in total. The van der Waals surface area contributed by atoms with E-state index in [9.17, 15) is 19.1 Å². The third-order valence-electron chi connectivity index (χ3n) is 1.96. The van der Waals surface area contributed by atoms with E-state index >= 15 is 0 Å². The van der Waals surface area contributed by atoms with Gasteiger partial charge >= 0.3 is 5.97 Å². The van der Waals surface area contributed by atoms with Gasteiger partial charge in [-0.15, -0.1) is 0 Å². The fourth-order valence-corrected chi connectivity index (χ4v) is 1.76. The summed E-state index contributed by atoms with van der Waals surface area (Å²) in [5.74, 6) is -1.39. The minimum atomic E-state index is -2.46. The zero-order chi connectivity index (χ0) is 12.5. The van der Waals surface area contributed by atoms with Crippen molar-refractivity contribution in [2.24, 2.45) is 0 Å². The molecule has 1 atom stereocenters. The number of nitrogens with zero attached hydrogens (tertiary/aromatic N) is 1. The summed E-state index contributed by atoms with van der Waals surface area (Å²) >= 11 is -2.46. The molecule has 1 unspecified atom stereocenters. The number of hydrogen-bond donors (Lipinski definition) is 2. The molecule has 0 aliphatic heterocycles. The Morgan fingerprint density at radius 1 is 1.50 bits per heavy atom. The second-order valence-electron chi connectivity index (χ2n) is 2.93. The molecule has 1 aromatic rings. The fourth-order valence-electron chi connectivity index (χ4n) is 1.17. The number of hydrogen-bond acceptors (Lipinski definition) is 4. The molecule has 0 radical (unpaired) electrons. The van der Waals surface area contributed by atoms with Crippen LogP contribution in [0, 0.1) is 17.0 Å². The Kier molecular flexibility index (Phi) is 3.35. The fraction of sp³-hybridized carbons (Fsp3) is 0.125. The molecular formula is C8H7NO6S. The van der Waals surface area contributed by atoms with E-state index in [1.54, 1.807) is 0 Å².